The molecule has 1 amide bonds. The Morgan fingerprint density at radius 1 is 1.21 bits per heavy atom. The summed E-state index contributed by atoms with van der Waals surface area (Å²) >= 11 is 16.9. The lowest BCUT2D eigenvalue weighted by molar-refractivity contribution is -0.113. The van der Waals surface area contributed by atoms with E-state index in [4.69, 9.17) is 27.9 Å². The second-order valence-electron chi connectivity index (χ2n) is 5.82. The third kappa shape index (κ3) is 5.88. The molecule has 3 aromatic rings. The van der Waals surface area contributed by atoms with E-state index in [-0.39, 0.29) is 18.3 Å². The monoisotopic (exact) mass is 514 g/mol. The first-order valence-corrected chi connectivity index (χ1v) is 11.2. The highest BCUT2D eigenvalue weighted by molar-refractivity contribution is 9.10. The summed E-state index contributed by atoms with van der Waals surface area (Å²) in [4.78, 5) is 12.3. The fourth-order valence-electron chi connectivity index (χ4n) is 2.46. The molecule has 0 aliphatic carbocycles. The first-order chi connectivity index (χ1) is 14.0. The fraction of sp³-hybridized carbons (Fsp3) is 0.211. The van der Waals surface area contributed by atoms with Crippen molar-refractivity contribution in [2.75, 3.05) is 11.1 Å². The molecule has 3 rings (SSSR count). The Bertz CT molecular complexity index is 1020. The molecule has 0 saturated heterocycles. The van der Waals surface area contributed by atoms with Crippen LogP contribution in [-0.2, 0) is 17.9 Å². The summed E-state index contributed by atoms with van der Waals surface area (Å²) in [5, 5.41) is 12.8. The molecule has 0 aliphatic heterocycles. The van der Waals surface area contributed by atoms with Crippen LogP contribution in [0.15, 0.2) is 52.1 Å². The Kier molecular flexibility index (Phi) is 7.83. The number of ether oxygens (including phenoxy) is 1. The molecule has 0 unspecified atom stereocenters. The molecular formula is C19H17BrCl2N4O2S. The Morgan fingerprint density at radius 3 is 2.72 bits per heavy atom. The van der Waals surface area contributed by atoms with Gasteiger partial charge in [0.25, 0.3) is 0 Å². The first kappa shape index (κ1) is 22.0. The number of hydrogen-bond donors (Lipinski definition) is 1. The van der Waals surface area contributed by atoms with Crippen molar-refractivity contribution < 1.29 is 9.53 Å². The minimum Gasteiger partial charge on any atom is -0.484 e. The maximum absolute atomic E-state index is 12.3. The van der Waals surface area contributed by atoms with E-state index in [1.807, 2.05) is 29.7 Å². The normalized spacial score (nSPS) is 10.8. The number of para-hydroxylation sites is 1. The van der Waals surface area contributed by atoms with Crippen LogP contribution in [-0.4, -0.2) is 26.4 Å². The van der Waals surface area contributed by atoms with Gasteiger partial charge in [0.2, 0.25) is 5.91 Å². The number of nitrogens with one attached hydrogen (secondary N) is 1. The van der Waals surface area contributed by atoms with Crippen molar-refractivity contribution in [1.29, 1.82) is 0 Å². The largest absolute Gasteiger partial charge is 0.484 e. The van der Waals surface area contributed by atoms with Gasteiger partial charge >= 0.3 is 0 Å². The third-order valence-electron chi connectivity index (χ3n) is 3.84. The molecule has 6 nitrogen and oxygen atoms in total. The maximum atomic E-state index is 12.3. The lowest BCUT2D eigenvalue weighted by atomic mass is 10.3. The van der Waals surface area contributed by atoms with Crippen molar-refractivity contribution in [3.05, 3.63) is 62.8 Å². The number of thioether (sulfide) groups is 1. The Labute approximate surface area is 191 Å². The van der Waals surface area contributed by atoms with Crippen molar-refractivity contribution in [2.45, 2.75) is 25.2 Å². The van der Waals surface area contributed by atoms with Crippen molar-refractivity contribution in [3.8, 4) is 5.75 Å². The molecule has 1 aromatic heterocycles. The molecule has 10 heteroatoms. The predicted octanol–water partition coefficient (Wildman–Crippen LogP) is 5.68. The molecule has 1 N–H and O–H groups in total. The average molecular weight is 516 g/mol. The van der Waals surface area contributed by atoms with E-state index in [9.17, 15) is 4.79 Å². The Hall–Kier alpha value is -1.74. The van der Waals surface area contributed by atoms with Crippen molar-refractivity contribution >= 4 is 62.5 Å². The summed E-state index contributed by atoms with van der Waals surface area (Å²) in [6.07, 6.45) is 0. The van der Waals surface area contributed by atoms with Gasteiger partial charge in [-0.2, -0.15) is 0 Å². The van der Waals surface area contributed by atoms with Gasteiger partial charge in [-0.1, -0.05) is 63.0 Å². The van der Waals surface area contributed by atoms with Crippen LogP contribution in [0.25, 0.3) is 0 Å². The van der Waals surface area contributed by atoms with E-state index < -0.39 is 0 Å². The zero-order valence-electron chi connectivity index (χ0n) is 15.4. The smallest absolute Gasteiger partial charge is 0.234 e. The van der Waals surface area contributed by atoms with E-state index in [1.54, 1.807) is 24.3 Å². The quantitative estimate of drug-likeness (QED) is 0.391. The SMILES string of the molecule is CCn1c(COc2ccccc2Cl)nnc1SCC(=O)Nc1ccc(Br)cc1Cl. The van der Waals surface area contributed by atoms with Crippen LogP contribution in [0.3, 0.4) is 0 Å². The summed E-state index contributed by atoms with van der Waals surface area (Å²) in [5.41, 5.74) is 0.561. The molecule has 1 heterocycles. The van der Waals surface area contributed by atoms with Gasteiger partial charge in [0.1, 0.15) is 12.4 Å². The van der Waals surface area contributed by atoms with E-state index in [1.165, 1.54) is 11.8 Å². The van der Waals surface area contributed by atoms with Crippen LogP contribution in [0.2, 0.25) is 10.0 Å². The molecule has 0 saturated carbocycles. The number of hydrogen-bond acceptors (Lipinski definition) is 5. The van der Waals surface area contributed by atoms with Gasteiger partial charge in [-0.05, 0) is 37.3 Å². The highest BCUT2D eigenvalue weighted by atomic mass is 79.9. The van der Waals surface area contributed by atoms with Crippen LogP contribution in [0.1, 0.15) is 12.7 Å². The summed E-state index contributed by atoms with van der Waals surface area (Å²) in [5.74, 6) is 1.24. The first-order valence-electron chi connectivity index (χ1n) is 8.65. The molecule has 0 atom stereocenters. The topological polar surface area (TPSA) is 69.0 Å². The van der Waals surface area contributed by atoms with Crippen LogP contribution in [0.5, 0.6) is 5.75 Å². The number of rotatable bonds is 8. The van der Waals surface area contributed by atoms with E-state index in [0.29, 0.717) is 39.0 Å². The maximum Gasteiger partial charge on any atom is 0.234 e. The van der Waals surface area contributed by atoms with Crippen LogP contribution in [0, 0.1) is 0 Å². The average Bonchev–Trinajstić information content (AvgIpc) is 3.10. The van der Waals surface area contributed by atoms with Crippen LogP contribution < -0.4 is 10.1 Å². The van der Waals surface area contributed by atoms with Crippen molar-refractivity contribution in [3.63, 3.8) is 0 Å². The molecular weight excluding hydrogens is 499 g/mol. The number of amides is 1. The zero-order chi connectivity index (χ0) is 20.8. The van der Waals surface area contributed by atoms with Gasteiger partial charge in [-0.3, -0.25) is 4.79 Å². The van der Waals surface area contributed by atoms with Crippen LogP contribution >= 0.6 is 50.9 Å². The summed E-state index contributed by atoms with van der Waals surface area (Å²) in [6, 6.07) is 12.5. The van der Waals surface area contributed by atoms with E-state index in [2.05, 4.69) is 31.4 Å². The second-order valence-corrected chi connectivity index (χ2v) is 8.50. The molecule has 152 valence electrons. The van der Waals surface area contributed by atoms with Gasteiger partial charge in [0.15, 0.2) is 11.0 Å². The molecule has 0 spiro atoms. The molecule has 0 bridgehead atoms. The van der Waals surface area contributed by atoms with Gasteiger partial charge in [0, 0.05) is 11.0 Å². The van der Waals surface area contributed by atoms with Gasteiger partial charge in [-0.15, -0.1) is 10.2 Å². The van der Waals surface area contributed by atoms with Gasteiger partial charge in [-0.25, -0.2) is 0 Å². The number of carbonyl (C=O) groups is 1. The molecule has 0 fully saturated rings. The number of anilines is 1. The third-order valence-corrected chi connectivity index (χ3v) is 5.93. The highest BCUT2D eigenvalue weighted by Gasteiger charge is 2.15. The van der Waals surface area contributed by atoms with Crippen molar-refractivity contribution in [1.82, 2.24) is 14.8 Å². The summed E-state index contributed by atoms with van der Waals surface area (Å²) in [6.45, 7) is 2.86. The number of halogens is 3. The number of carbonyl (C=O) groups excluding carboxylic acids is 1. The van der Waals surface area contributed by atoms with E-state index >= 15 is 0 Å². The molecule has 0 aliphatic rings. The Morgan fingerprint density at radius 2 is 2.00 bits per heavy atom. The predicted molar refractivity (Wildman–Crippen MR) is 120 cm³/mol. The van der Waals surface area contributed by atoms with Gasteiger partial charge < -0.3 is 14.6 Å². The Balaban J connectivity index is 1.59. The molecule has 2 aromatic carbocycles. The standard InChI is InChI=1S/C19H17BrCl2N4O2S/c1-2-26-17(10-28-16-6-4-3-5-13(16)21)24-25-19(26)29-11-18(27)23-15-8-7-12(20)9-14(15)22/h3-9H,2,10-11H2,1H3,(H,23,27). The number of aromatic nitrogens is 3. The summed E-state index contributed by atoms with van der Waals surface area (Å²) < 4.78 is 8.49. The fourth-order valence-corrected chi connectivity index (χ4v) is 4.19. The molecule has 0 radical (unpaired) electrons. The van der Waals surface area contributed by atoms with Crippen LogP contribution in [0.4, 0.5) is 5.69 Å². The highest BCUT2D eigenvalue weighted by Crippen LogP contribution is 2.27. The second kappa shape index (κ2) is 10.3. The summed E-state index contributed by atoms with van der Waals surface area (Å²) in [7, 11) is 0. The van der Waals surface area contributed by atoms with E-state index in [0.717, 1.165) is 4.47 Å². The van der Waals surface area contributed by atoms with Crippen molar-refractivity contribution in [2.24, 2.45) is 0 Å². The number of nitrogens with zero attached hydrogens (tertiary/aromatic N) is 3. The minimum atomic E-state index is -0.182. The zero-order valence-corrected chi connectivity index (χ0v) is 19.3. The molecule has 29 heavy (non-hydrogen) atoms. The number of benzene rings is 2. The lowest BCUT2D eigenvalue weighted by Gasteiger charge is -2.10. The van der Waals surface area contributed by atoms with Gasteiger partial charge in [0.05, 0.1) is 21.5 Å². The minimum absolute atomic E-state index is 0.176. The lowest BCUT2D eigenvalue weighted by Crippen LogP contribution is -2.15.